The molecule has 3 rings (SSSR count). The Kier molecular flexibility index (Phi) is 15.3. The predicted octanol–water partition coefficient (Wildman–Crippen LogP) is 4.69. The predicted molar refractivity (Wildman–Crippen MR) is 192 cm³/mol. The minimum Gasteiger partial charge on any atom is -0.459 e. The summed E-state index contributed by atoms with van der Waals surface area (Å²) in [6.07, 6.45) is -0.447. The first-order valence-corrected chi connectivity index (χ1v) is 18.2. The molecule has 4 N–H and O–H groups in total. The summed E-state index contributed by atoms with van der Waals surface area (Å²) in [6.45, 7) is 16.5. The molecule has 49 heavy (non-hydrogen) atoms. The van der Waals surface area contributed by atoms with Gasteiger partial charge in [0, 0.05) is 31.5 Å². The van der Waals surface area contributed by atoms with Crippen molar-refractivity contribution in [2.45, 2.75) is 142 Å². The van der Waals surface area contributed by atoms with Crippen molar-refractivity contribution in [2.24, 2.45) is 23.7 Å². The number of benzene rings is 1. The highest BCUT2D eigenvalue weighted by atomic mass is 16.7. The lowest BCUT2D eigenvalue weighted by molar-refractivity contribution is -0.301. The average Bonchev–Trinajstić information content (AvgIpc) is 3.05. The summed E-state index contributed by atoms with van der Waals surface area (Å²) >= 11 is 0. The lowest BCUT2D eigenvalue weighted by atomic mass is 9.74. The third kappa shape index (κ3) is 10.3. The molecule has 0 bridgehead atoms. The molecule has 0 radical (unpaired) electrons. The van der Waals surface area contributed by atoms with E-state index in [0.717, 1.165) is 5.57 Å². The van der Waals surface area contributed by atoms with E-state index in [2.05, 4.69) is 30.4 Å². The SMILES string of the molecule is CC[C@H]1OC(=O)[C@H](C)[C@H](O)[C@@H](C)[C@@H](O[C@@H]2O[C@H](C)C[C@H](N(C)C)[C@H]2O)[C@](C)(OC)C[C@@H](C)/C=C(/C)[C@H](CCNCc2ccccc2)[C@]1(C)O. The number of methoxy groups -OCH3 is 1. The van der Waals surface area contributed by atoms with E-state index in [1.807, 2.05) is 71.8 Å². The maximum absolute atomic E-state index is 13.7. The fourth-order valence-corrected chi connectivity index (χ4v) is 8.12. The fraction of sp³-hybridized carbons (Fsp3) is 0.769. The molecule has 13 atom stereocenters. The number of aliphatic hydroxyl groups is 3. The number of hydrogen-bond acceptors (Lipinski definition) is 10. The highest BCUT2D eigenvalue weighted by Gasteiger charge is 2.50. The van der Waals surface area contributed by atoms with E-state index in [4.69, 9.17) is 18.9 Å². The van der Waals surface area contributed by atoms with Crippen LogP contribution in [-0.4, -0.2) is 108 Å². The third-order valence-corrected chi connectivity index (χ3v) is 11.1. The summed E-state index contributed by atoms with van der Waals surface area (Å²) in [6, 6.07) is 9.99. The van der Waals surface area contributed by atoms with Crippen molar-refractivity contribution in [3.8, 4) is 0 Å². The molecule has 0 saturated carbocycles. The Morgan fingerprint density at radius 3 is 2.31 bits per heavy atom. The van der Waals surface area contributed by atoms with Gasteiger partial charge in [0.15, 0.2) is 6.29 Å². The van der Waals surface area contributed by atoms with Crippen LogP contribution in [-0.2, 0) is 30.3 Å². The topological polar surface area (TPSA) is 130 Å². The van der Waals surface area contributed by atoms with Gasteiger partial charge < -0.3 is 44.5 Å². The summed E-state index contributed by atoms with van der Waals surface area (Å²) < 4.78 is 25.2. The quantitative estimate of drug-likeness (QED) is 0.156. The molecule has 0 aliphatic carbocycles. The zero-order chi connectivity index (χ0) is 36.7. The number of esters is 1. The number of rotatable bonds is 10. The molecule has 2 heterocycles. The normalized spacial score (nSPS) is 41.1. The number of allylic oxidation sites excluding steroid dienone is 1. The zero-order valence-corrected chi connectivity index (χ0v) is 31.9. The molecule has 10 heteroatoms. The van der Waals surface area contributed by atoms with Crippen molar-refractivity contribution in [1.82, 2.24) is 10.2 Å². The van der Waals surface area contributed by atoms with Crippen LogP contribution in [0.3, 0.4) is 0 Å². The second kappa shape index (κ2) is 18.0. The van der Waals surface area contributed by atoms with Crippen LogP contribution in [0.25, 0.3) is 0 Å². The van der Waals surface area contributed by atoms with Gasteiger partial charge >= 0.3 is 5.97 Å². The molecule has 10 nitrogen and oxygen atoms in total. The molecule has 0 aromatic heterocycles. The number of nitrogens with zero attached hydrogens (tertiary/aromatic N) is 1. The van der Waals surface area contributed by atoms with Crippen molar-refractivity contribution in [1.29, 1.82) is 0 Å². The van der Waals surface area contributed by atoms with Crippen LogP contribution in [0.5, 0.6) is 0 Å². The van der Waals surface area contributed by atoms with E-state index in [1.54, 1.807) is 21.0 Å². The molecule has 280 valence electrons. The third-order valence-electron chi connectivity index (χ3n) is 11.1. The van der Waals surface area contributed by atoms with Crippen LogP contribution in [0.2, 0.25) is 0 Å². The van der Waals surface area contributed by atoms with Gasteiger partial charge in [-0.25, -0.2) is 0 Å². The highest BCUT2D eigenvalue weighted by molar-refractivity contribution is 5.73. The van der Waals surface area contributed by atoms with Crippen LogP contribution in [0.1, 0.15) is 86.6 Å². The number of ether oxygens (including phenoxy) is 4. The second-order valence-electron chi connectivity index (χ2n) is 15.4. The molecule has 2 aliphatic rings. The molecule has 0 unspecified atom stereocenters. The van der Waals surface area contributed by atoms with Gasteiger partial charge in [-0.2, -0.15) is 0 Å². The molecular formula is C39H66N2O8. The van der Waals surface area contributed by atoms with Gasteiger partial charge in [-0.1, -0.05) is 62.8 Å². The fourth-order valence-electron chi connectivity index (χ4n) is 8.12. The maximum atomic E-state index is 13.7. The number of nitrogens with one attached hydrogen (secondary N) is 1. The Labute approximate surface area is 295 Å². The molecule has 0 spiro atoms. The van der Waals surface area contributed by atoms with Crippen molar-refractivity contribution >= 4 is 5.97 Å². The molecule has 1 saturated heterocycles. The first-order chi connectivity index (χ1) is 23.0. The number of carbonyl (C=O) groups is 1. The zero-order valence-electron chi connectivity index (χ0n) is 31.9. The Morgan fingerprint density at radius 2 is 1.71 bits per heavy atom. The van der Waals surface area contributed by atoms with Crippen molar-refractivity contribution in [3.63, 3.8) is 0 Å². The Balaban J connectivity index is 2.01. The first kappa shape index (κ1) is 41.5. The molecular weight excluding hydrogens is 624 g/mol. The lowest BCUT2D eigenvalue weighted by Crippen LogP contribution is -2.59. The lowest BCUT2D eigenvalue weighted by Gasteiger charge is -2.48. The highest BCUT2D eigenvalue weighted by Crippen LogP contribution is 2.40. The number of hydrogen-bond donors (Lipinski definition) is 4. The van der Waals surface area contributed by atoms with Crippen molar-refractivity contribution < 1.29 is 39.1 Å². The number of cyclic esters (lactones) is 1. The van der Waals surface area contributed by atoms with E-state index in [-0.39, 0.29) is 24.0 Å². The largest absolute Gasteiger partial charge is 0.459 e. The van der Waals surface area contributed by atoms with Gasteiger partial charge in [0.05, 0.1) is 29.8 Å². The van der Waals surface area contributed by atoms with Crippen LogP contribution in [0.4, 0.5) is 0 Å². The summed E-state index contributed by atoms with van der Waals surface area (Å²) in [5, 5.41) is 38.8. The number of aliphatic hydroxyl groups excluding tert-OH is 2. The molecule has 2 aliphatic heterocycles. The van der Waals surface area contributed by atoms with Gasteiger partial charge in [-0.15, -0.1) is 0 Å². The maximum Gasteiger partial charge on any atom is 0.311 e. The molecule has 0 amide bonds. The van der Waals surface area contributed by atoms with Gasteiger partial charge in [-0.3, -0.25) is 4.79 Å². The second-order valence-corrected chi connectivity index (χ2v) is 15.4. The van der Waals surface area contributed by atoms with E-state index < -0.39 is 59.7 Å². The monoisotopic (exact) mass is 690 g/mol. The minimum atomic E-state index is -1.37. The Hall–Kier alpha value is -1.89. The van der Waals surface area contributed by atoms with E-state index >= 15 is 0 Å². The molecule has 1 aromatic rings. The van der Waals surface area contributed by atoms with Crippen LogP contribution in [0, 0.1) is 23.7 Å². The van der Waals surface area contributed by atoms with E-state index in [0.29, 0.717) is 38.8 Å². The number of carbonyl (C=O) groups excluding carboxylic acids is 1. The Morgan fingerprint density at radius 1 is 1.06 bits per heavy atom. The smallest absolute Gasteiger partial charge is 0.311 e. The number of likely N-dealkylation sites (N-methyl/N-ethyl adjacent to an activating group) is 1. The molecule has 1 fully saturated rings. The van der Waals surface area contributed by atoms with Gasteiger partial charge in [0.1, 0.15) is 17.8 Å². The van der Waals surface area contributed by atoms with Gasteiger partial charge in [0.2, 0.25) is 0 Å². The summed E-state index contributed by atoms with van der Waals surface area (Å²) in [4.78, 5) is 15.7. The first-order valence-electron chi connectivity index (χ1n) is 18.2. The summed E-state index contributed by atoms with van der Waals surface area (Å²) in [7, 11) is 5.47. The van der Waals surface area contributed by atoms with E-state index in [1.165, 1.54) is 5.56 Å². The van der Waals surface area contributed by atoms with E-state index in [9.17, 15) is 20.1 Å². The van der Waals surface area contributed by atoms with Gasteiger partial charge in [-0.05, 0) is 92.4 Å². The van der Waals surface area contributed by atoms with Crippen LogP contribution in [0.15, 0.2) is 42.0 Å². The van der Waals surface area contributed by atoms with Crippen LogP contribution >= 0.6 is 0 Å². The van der Waals surface area contributed by atoms with Crippen LogP contribution < -0.4 is 5.32 Å². The molecule has 1 aromatic carbocycles. The van der Waals surface area contributed by atoms with Crippen molar-refractivity contribution in [3.05, 3.63) is 47.5 Å². The standard InChI is InChI=1S/C39H66N2O8/c1-12-32-39(8,45)30(18-19-40-23-29-16-14-13-15-17-29)25(3)20-24(2)22-38(7,46-11)35(27(5)33(42)28(6)36(44)48-32)49-37-34(43)31(41(9)10)21-26(4)47-37/h13-17,20,24,26-28,30-35,37,40,42-43,45H,12,18-19,21-23H2,1-11H3/b25-20-/t24-,26+,27+,28+,30-,31-,32+,33+,34+,35+,37-,38+,39-/m0/s1. The summed E-state index contributed by atoms with van der Waals surface area (Å²) in [5.41, 5.74) is -0.152. The average molecular weight is 691 g/mol. The van der Waals surface area contributed by atoms with Crippen molar-refractivity contribution in [2.75, 3.05) is 27.7 Å². The minimum absolute atomic E-state index is 0.0235. The Bertz CT molecular complexity index is 1190. The van der Waals surface area contributed by atoms with Gasteiger partial charge in [0.25, 0.3) is 0 Å². The summed E-state index contributed by atoms with van der Waals surface area (Å²) in [5.74, 6) is -2.49.